The summed E-state index contributed by atoms with van der Waals surface area (Å²) in [6.07, 6.45) is 5.05. The van der Waals surface area contributed by atoms with E-state index in [0.717, 1.165) is 31.7 Å². The molecular formula is C14H21N3O3. The summed E-state index contributed by atoms with van der Waals surface area (Å²) in [6.45, 7) is 1.45. The van der Waals surface area contributed by atoms with Crippen molar-refractivity contribution in [3.05, 3.63) is 11.7 Å². The van der Waals surface area contributed by atoms with Crippen LogP contribution in [-0.4, -0.2) is 48.7 Å². The molecule has 3 aliphatic rings. The summed E-state index contributed by atoms with van der Waals surface area (Å²) in [4.78, 5) is 4.66. The average Bonchev–Trinajstić information content (AvgIpc) is 3.22. The van der Waals surface area contributed by atoms with Gasteiger partial charge in [0.2, 0.25) is 5.89 Å². The van der Waals surface area contributed by atoms with E-state index in [9.17, 15) is 0 Å². The second-order valence-corrected chi connectivity index (χ2v) is 6.07. The van der Waals surface area contributed by atoms with E-state index in [-0.39, 0.29) is 5.92 Å². The van der Waals surface area contributed by atoms with Crippen LogP contribution in [0.5, 0.6) is 0 Å². The fourth-order valence-electron chi connectivity index (χ4n) is 3.78. The predicted octanol–water partition coefficient (Wildman–Crippen LogP) is 1.20. The predicted molar refractivity (Wildman–Crippen MR) is 70.6 cm³/mol. The van der Waals surface area contributed by atoms with Crippen LogP contribution in [0.3, 0.4) is 0 Å². The fourth-order valence-corrected chi connectivity index (χ4v) is 3.78. The van der Waals surface area contributed by atoms with Gasteiger partial charge in [0.05, 0.1) is 30.7 Å². The maximum atomic E-state index is 5.88. The van der Waals surface area contributed by atoms with Crippen molar-refractivity contribution in [3.8, 4) is 0 Å². The van der Waals surface area contributed by atoms with Gasteiger partial charge in [-0.2, -0.15) is 4.98 Å². The second-order valence-electron chi connectivity index (χ2n) is 6.07. The first-order valence-corrected chi connectivity index (χ1v) is 7.59. The first-order chi connectivity index (χ1) is 9.85. The van der Waals surface area contributed by atoms with Gasteiger partial charge in [0.1, 0.15) is 0 Å². The van der Waals surface area contributed by atoms with Crippen molar-refractivity contribution >= 4 is 0 Å². The number of nitrogens with zero attached hydrogens (tertiary/aromatic N) is 2. The van der Waals surface area contributed by atoms with Gasteiger partial charge in [-0.05, 0) is 32.7 Å². The highest BCUT2D eigenvalue weighted by Crippen LogP contribution is 2.43. The number of aromatic nitrogens is 2. The highest BCUT2D eigenvalue weighted by Gasteiger charge is 2.44. The molecule has 3 saturated heterocycles. The zero-order valence-electron chi connectivity index (χ0n) is 11.7. The van der Waals surface area contributed by atoms with Crippen molar-refractivity contribution < 1.29 is 14.0 Å². The van der Waals surface area contributed by atoms with Gasteiger partial charge in [-0.3, -0.25) is 0 Å². The summed E-state index contributed by atoms with van der Waals surface area (Å²) in [5.41, 5.74) is 0. The summed E-state index contributed by atoms with van der Waals surface area (Å²) in [5.74, 6) is 2.02. The monoisotopic (exact) mass is 279 g/mol. The van der Waals surface area contributed by atoms with E-state index >= 15 is 0 Å². The Bertz CT molecular complexity index is 478. The van der Waals surface area contributed by atoms with E-state index in [4.69, 9.17) is 14.0 Å². The summed E-state index contributed by atoms with van der Waals surface area (Å²) in [6, 6.07) is 0.355. The average molecular weight is 279 g/mol. The van der Waals surface area contributed by atoms with Gasteiger partial charge in [-0.15, -0.1) is 0 Å². The van der Waals surface area contributed by atoms with Crippen LogP contribution in [0.2, 0.25) is 0 Å². The number of fused-ring (bicyclic) bond motifs is 2. The maximum Gasteiger partial charge on any atom is 0.233 e. The van der Waals surface area contributed by atoms with Gasteiger partial charge in [-0.1, -0.05) is 5.16 Å². The molecule has 0 aliphatic carbocycles. The van der Waals surface area contributed by atoms with Gasteiger partial charge >= 0.3 is 0 Å². The summed E-state index contributed by atoms with van der Waals surface area (Å²) in [7, 11) is 1.98. The third-order valence-electron chi connectivity index (χ3n) is 4.94. The normalized spacial score (nSPS) is 40.4. The number of hydrogen-bond acceptors (Lipinski definition) is 6. The third-order valence-corrected chi connectivity index (χ3v) is 4.94. The molecule has 6 heteroatoms. The molecule has 4 rings (SSSR count). The van der Waals surface area contributed by atoms with Crippen molar-refractivity contribution in [3.63, 3.8) is 0 Å². The largest absolute Gasteiger partial charge is 0.381 e. The fraction of sp³-hybridized carbons (Fsp3) is 0.857. The van der Waals surface area contributed by atoms with Gasteiger partial charge in [0.15, 0.2) is 5.82 Å². The van der Waals surface area contributed by atoms with Crippen molar-refractivity contribution in [2.75, 3.05) is 20.3 Å². The standard InChI is InChI=1S/C14H21N3O3/c1-15-11-4-5-18-7-10(11)14-16-13(17-20-14)9-6-8-2-3-12(9)19-8/h8-12,15H,2-7H2,1H3. The van der Waals surface area contributed by atoms with Crippen LogP contribution >= 0.6 is 0 Å². The lowest BCUT2D eigenvalue weighted by molar-refractivity contribution is 0.0516. The van der Waals surface area contributed by atoms with Gasteiger partial charge in [0.25, 0.3) is 0 Å². The molecule has 1 aromatic heterocycles. The minimum atomic E-state index is 0.162. The minimum absolute atomic E-state index is 0.162. The second kappa shape index (κ2) is 5.09. The Labute approximate surface area is 118 Å². The highest BCUT2D eigenvalue weighted by molar-refractivity contribution is 5.09. The quantitative estimate of drug-likeness (QED) is 0.896. The molecule has 5 unspecified atom stereocenters. The molecule has 0 amide bonds. The van der Waals surface area contributed by atoms with Crippen molar-refractivity contribution in [2.45, 2.75) is 55.8 Å². The highest BCUT2D eigenvalue weighted by atomic mass is 16.5. The van der Waals surface area contributed by atoms with Crippen LogP contribution in [0.4, 0.5) is 0 Å². The molecule has 2 bridgehead atoms. The SMILES string of the molecule is CNC1CCOCC1c1nc(C2CC3CCC2O3)no1. The number of rotatable bonds is 3. The van der Waals surface area contributed by atoms with Gasteiger partial charge in [0, 0.05) is 12.6 Å². The Morgan fingerprint density at radius 2 is 2.15 bits per heavy atom. The Balaban J connectivity index is 1.52. The van der Waals surface area contributed by atoms with Crippen LogP contribution in [0, 0.1) is 0 Å². The molecule has 3 fully saturated rings. The first kappa shape index (κ1) is 12.7. The number of likely N-dealkylation sites (N-methyl/N-ethyl adjacent to an activating group) is 1. The summed E-state index contributed by atoms with van der Waals surface area (Å²) in [5, 5.41) is 7.54. The molecule has 0 saturated carbocycles. The molecule has 6 nitrogen and oxygen atoms in total. The molecule has 1 aromatic rings. The van der Waals surface area contributed by atoms with Crippen LogP contribution in [0.1, 0.15) is 49.2 Å². The molecule has 0 spiro atoms. The van der Waals surface area contributed by atoms with E-state index < -0.39 is 0 Å². The Morgan fingerprint density at radius 3 is 2.90 bits per heavy atom. The molecule has 5 atom stereocenters. The molecule has 0 radical (unpaired) electrons. The Hall–Kier alpha value is -0.980. The summed E-state index contributed by atoms with van der Waals surface area (Å²) >= 11 is 0. The van der Waals surface area contributed by atoms with E-state index in [0.29, 0.717) is 36.7 Å². The molecule has 3 aliphatic heterocycles. The zero-order valence-corrected chi connectivity index (χ0v) is 11.7. The lowest BCUT2D eigenvalue weighted by Crippen LogP contribution is -2.39. The smallest absolute Gasteiger partial charge is 0.233 e. The number of ether oxygens (including phenoxy) is 2. The topological polar surface area (TPSA) is 69.4 Å². The van der Waals surface area contributed by atoms with Crippen LogP contribution < -0.4 is 5.32 Å². The van der Waals surface area contributed by atoms with Gasteiger partial charge in [-0.25, -0.2) is 0 Å². The summed E-state index contributed by atoms with van der Waals surface area (Å²) < 4.78 is 17.0. The van der Waals surface area contributed by atoms with Crippen molar-refractivity contribution in [1.29, 1.82) is 0 Å². The minimum Gasteiger partial charge on any atom is -0.381 e. The molecule has 110 valence electrons. The van der Waals surface area contributed by atoms with Crippen LogP contribution in [-0.2, 0) is 9.47 Å². The Morgan fingerprint density at radius 1 is 1.20 bits per heavy atom. The third kappa shape index (κ3) is 2.06. The number of nitrogens with one attached hydrogen (secondary N) is 1. The van der Waals surface area contributed by atoms with Crippen molar-refractivity contribution in [2.24, 2.45) is 0 Å². The van der Waals surface area contributed by atoms with E-state index in [1.54, 1.807) is 0 Å². The first-order valence-electron chi connectivity index (χ1n) is 7.59. The zero-order chi connectivity index (χ0) is 13.5. The maximum absolute atomic E-state index is 5.88. The van der Waals surface area contributed by atoms with Crippen LogP contribution in [0.15, 0.2) is 4.52 Å². The molecule has 20 heavy (non-hydrogen) atoms. The number of hydrogen-bond donors (Lipinski definition) is 1. The van der Waals surface area contributed by atoms with Crippen molar-refractivity contribution in [1.82, 2.24) is 15.5 Å². The molecule has 4 heterocycles. The van der Waals surface area contributed by atoms with Crippen LogP contribution in [0.25, 0.3) is 0 Å². The lowest BCUT2D eigenvalue weighted by Gasteiger charge is -2.28. The van der Waals surface area contributed by atoms with E-state index in [2.05, 4.69) is 15.5 Å². The van der Waals surface area contributed by atoms with E-state index in [1.807, 2.05) is 7.05 Å². The Kier molecular flexibility index (Phi) is 3.24. The lowest BCUT2D eigenvalue weighted by atomic mass is 9.89. The molecule has 1 N–H and O–H groups in total. The van der Waals surface area contributed by atoms with Gasteiger partial charge < -0.3 is 19.3 Å². The molecule has 0 aromatic carbocycles. The van der Waals surface area contributed by atoms with E-state index in [1.165, 1.54) is 6.42 Å². The molecular weight excluding hydrogens is 258 g/mol.